The molecule has 0 fully saturated rings. The zero-order chi connectivity index (χ0) is 10.8. The van der Waals surface area contributed by atoms with Crippen LogP contribution in [-0.4, -0.2) is 21.7 Å². The number of benzene rings is 1. The highest BCUT2D eigenvalue weighted by Gasteiger charge is 2.05. The van der Waals surface area contributed by atoms with E-state index >= 15 is 0 Å². The summed E-state index contributed by atoms with van der Waals surface area (Å²) in [5.74, 6) is 0.941. The summed E-state index contributed by atoms with van der Waals surface area (Å²) < 4.78 is 0. The zero-order valence-corrected chi connectivity index (χ0v) is 8.70. The Morgan fingerprint density at radius 3 is 2.87 bits per heavy atom. The number of aliphatic hydroxyl groups excluding tert-OH is 1. The van der Waals surface area contributed by atoms with Crippen molar-refractivity contribution < 1.29 is 5.11 Å². The number of halogens is 1. The van der Waals surface area contributed by atoms with Gasteiger partial charge in [-0.05, 0) is 18.2 Å². The van der Waals surface area contributed by atoms with Gasteiger partial charge in [-0.3, -0.25) is 0 Å². The molecule has 0 radical (unpaired) electrons. The van der Waals surface area contributed by atoms with Gasteiger partial charge in [0.1, 0.15) is 11.6 Å². The summed E-state index contributed by atoms with van der Waals surface area (Å²) in [5.41, 5.74) is 6.51. The lowest BCUT2D eigenvalue weighted by molar-refractivity contribution is 0.297. The highest BCUT2D eigenvalue weighted by molar-refractivity contribution is 6.31. The van der Waals surface area contributed by atoms with E-state index in [1.807, 2.05) is 0 Å². The van der Waals surface area contributed by atoms with Crippen molar-refractivity contribution >= 4 is 28.3 Å². The highest BCUT2D eigenvalue weighted by atomic mass is 35.5. The van der Waals surface area contributed by atoms with Crippen molar-refractivity contribution in [2.24, 2.45) is 0 Å². The Kier molecular flexibility index (Phi) is 2.70. The number of aromatic nitrogens is 2. The van der Waals surface area contributed by atoms with Gasteiger partial charge in [0, 0.05) is 16.8 Å². The van der Waals surface area contributed by atoms with Crippen LogP contribution < -0.4 is 5.73 Å². The van der Waals surface area contributed by atoms with E-state index in [0.29, 0.717) is 23.1 Å². The first-order valence-electron chi connectivity index (χ1n) is 4.53. The normalized spacial score (nSPS) is 10.8. The van der Waals surface area contributed by atoms with E-state index in [2.05, 4.69) is 9.97 Å². The molecule has 0 amide bonds. The van der Waals surface area contributed by atoms with Crippen LogP contribution in [0.3, 0.4) is 0 Å². The van der Waals surface area contributed by atoms with Crippen molar-refractivity contribution in [2.45, 2.75) is 6.42 Å². The third kappa shape index (κ3) is 2.00. The molecule has 78 valence electrons. The van der Waals surface area contributed by atoms with Gasteiger partial charge in [0.15, 0.2) is 0 Å². The van der Waals surface area contributed by atoms with E-state index in [-0.39, 0.29) is 6.61 Å². The number of nitrogen functional groups attached to an aromatic ring is 1. The van der Waals surface area contributed by atoms with Crippen LogP contribution in [0.4, 0.5) is 5.82 Å². The van der Waals surface area contributed by atoms with E-state index in [1.54, 1.807) is 18.2 Å². The van der Waals surface area contributed by atoms with Gasteiger partial charge in [0.25, 0.3) is 0 Å². The molecule has 3 N–H and O–H groups in total. The van der Waals surface area contributed by atoms with Gasteiger partial charge in [0.05, 0.1) is 12.1 Å². The molecule has 5 heteroatoms. The number of anilines is 1. The molecule has 4 nitrogen and oxygen atoms in total. The van der Waals surface area contributed by atoms with Crippen LogP contribution >= 0.6 is 11.6 Å². The third-order valence-electron chi connectivity index (χ3n) is 2.07. The fourth-order valence-corrected chi connectivity index (χ4v) is 1.56. The minimum absolute atomic E-state index is 0.0124. The van der Waals surface area contributed by atoms with Gasteiger partial charge < -0.3 is 10.8 Å². The van der Waals surface area contributed by atoms with Crippen LogP contribution in [0.5, 0.6) is 0 Å². The molecule has 0 aliphatic carbocycles. The average Bonchev–Trinajstić information content (AvgIpc) is 2.20. The minimum atomic E-state index is 0.0124. The van der Waals surface area contributed by atoms with Gasteiger partial charge in [0.2, 0.25) is 0 Å². The Hall–Kier alpha value is -1.39. The van der Waals surface area contributed by atoms with E-state index < -0.39 is 0 Å². The van der Waals surface area contributed by atoms with Crippen LogP contribution in [0, 0.1) is 0 Å². The summed E-state index contributed by atoms with van der Waals surface area (Å²) in [6, 6.07) is 5.27. The van der Waals surface area contributed by atoms with Crippen molar-refractivity contribution in [1.82, 2.24) is 9.97 Å². The van der Waals surface area contributed by atoms with Crippen LogP contribution in [-0.2, 0) is 6.42 Å². The van der Waals surface area contributed by atoms with Crippen molar-refractivity contribution in [3.63, 3.8) is 0 Å². The van der Waals surface area contributed by atoms with E-state index in [4.69, 9.17) is 22.4 Å². The molecular formula is C10H10ClN3O. The maximum atomic E-state index is 8.78. The molecule has 0 bridgehead atoms. The maximum Gasteiger partial charge on any atom is 0.135 e. The van der Waals surface area contributed by atoms with Crippen LogP contribution in [0.2, 0.25) is 5.02 Å². The van der Waals surface area contributed by atoms with Gasteiger partial charge in [-0.15, -0.1) is 0 Å². The van der Waals surface area contributed by atoms with Crippen molar-refractivity contribution in [1.29, 1.82) is 0 Å². The Morgan fingerprint density at radius 2 is 2.13 bits per heavy atom. The molecule has 15 heavy (non-hydrogen) atoms. The monoisotopic (exact) mass is 223 g/mol. The average molecular weight is 224 g/mol. The summed E-state index contributed by atoms with van der Waals surface area (Å²) in [7, 11) is 0. The fourth-order valence-electron chi connectivity index (χ4n) is 1.39. The van der Waals surface area contributed by atoms with Crippen LogP contribution in [0.1, 0.15) is 5.82 Å². The van der Waals surface area contributed by atoms with Crippen LogP contribution in [0.25, 0.3) is 10.9 Å². The first-order valence-corrected chi connectivity index (χ1v) is 4.91. The molecule has 1 aromatic carbocycles. The van der Waals surface area contributed by atoms with Crippen molar-refractivity contribution in [3.05, 3.63) is 29.0 Å². The van der Waals surface area contributed by atoms with Crippen LogP contribution in [0.15, 0.2) is 18.2 Å². The predicted octanol–water partition coefficient (Wildman–Crippen LogP) is 1.40. The Labute approximate surface area is 91.7 Å². The summed E-state index contributed by atoms with van der Waals surface area (Å²) in [6.07, 6.45) is 0.406. The molecule has 0 aliphatic heterocycles. The quantitative estimate of drug-likeness (QED) is 0.807. The highest BCUT2D eigenvalue weighted by Crippen LogP contribution is 2.21. The smallest absolute Gasteiger partial charge is 0.135 e. The lowest BCUT2D eigenvalue weighted by Crippen LogP contribution is -2.03. The lowest BCUT2D eigenvalue weighted by atomic mass is 10.2. The second-order valence-corrected chi connectivity index (χ2v) is 3.60. The fraction of sp³-hybridized carbons (Fsp3) is 0.200. The summed E-state index contributed by atoms with van der Waals surface area (Å²) >= 11 is 5.84. The van der Waals surface area contributed by atoms with E-state index in [1.165, 1.54) is 0 Å². The lowest BCUT2D eigenvalue weighted by Gasteiger charge is -2.04. The number of fused-ring (bicyclic) bond motifs is 1. The Bertz CT molecular complexity index is 501. The molecular weight excluding hydrogens is 214 g/mol. The molecule has 0 aliphatic rings. The van der Waals surface area contributed by atoms with Crippen molar-refractivity contribution in [3.8, 4) is 0 Å². The van der Waals surface area contributed by atoms with Gasteiger partial charge in [-0.25, -0.2) is 9.97 Å². The van der Waals surface area contributed by atoms with Gasteiger partial charge in [-0.1, -0.05) is 11.6 Å². The summed E-state index contributed by atoms with van der Waals surface area (Å²) in [6.45, 7) is 0.0124. The Balaban J connectivity index is 2.62. The molecule has 0 saturated carbocycles. The summed E-state index contributed by atoms with van der Waals surface area (Å²) in [4.78, 5) is 8.34. The number of hydrogen-bond donors (Lipinski definition) is 2. The molecule has 1 aromatic heterocycles. The molecule has 0 saturated heterocycles. The SMILES string of the molecule is Nc1nc(CCO)nc2ccc(Cl)cc12. The largest absolute Gasteiger partial charge is 0.396 e. The van der Waals surface area contributed by atoms with Gasteiger partial charge >= 0.3 is 0 Å². The topological polar surface area (TPSA) is 72.0 Å². The second kappa shape index (κ2) is 4.00. The molecule has 2 aromatic rings. The number of aliphatic hydroxyl groups is 1. The molecule has 2 rings (SSSR count). The third-order valence-corrected chi connectivity index (χ3v) is 2.30. The zero-order valence-electron chi connectivity index (χ0n) is 7.94. The second-order valence-electron chi connectivity index (χ2n) is 3.16. The first-order chi connectivity index (χ1) is 7.20. The molecule has 0 atom stereocenters. The van der Waals surface area contributed by atoms with Crippen molar-refractivity contribution in [2.75, 3.05) is 12.3 Å². The number of hydrogen-bond acceptors (Lipinski definition) is 4. The summed E-state index contributed by atoms with van der Waals surface area (Å²) in [5, 5.41) is 10.1. The first kappa shape index (κ1) is 10.1. The molecule has 0 spiro atoms. The Morgan fingerprint density at radius 1 is 1.33 bits per heavy atom. The van der Waals surface area contributed by atoms with E-state index in [9.17, 15) is 0 Å². The minimum Gasteiger partial charge on any atom is -0.396 e. The molecule has 0 unspecified atom stereocenters. The standard InChI is InChI=1S/C10H10ClN3O/c11-6-1-2-8-7(5-6)10(12)14-9(13-8)3-4-15/h1-2,5,15H,3-4H2,(H2,12,13,14). The molecule has 1 heterocycles. The van der Waals surface area contributed by atoms with Gasteiger partial charge in [-0.2, -0.15) is 0 Å². The predicted molar refractivity (Wildman–Crippen MR) is 59.8 cm³/mol. The number of rotatable bonds is 2. The van der Waals surface area contributed by atoms with E-state index in [0.717, 1.165) is 10.9 Å². The maximum absolute atomic E-state index is 8.78. The number of nitrogens with two attached hydrogens (primary N) is 1. The number of nitrogens with zero attached hydrogens (tertiary/aromatic N) is 2.